The minimum absolute atomic E-state index is 0.103. The first-order valence-electron chi connectivity index (χ1n) is 7.07. The molecule has 0 N–H and O–H groups in total. The van der Waals surface area contributed by atoms with E-state index in [-0.39, 0.29) is 17.1 Å². The number of carbonyl (C=O) groups is 3. The van der Waals surface area contributed by atoms with E-state index in [1.807, 2.05) is 18.2 Å². The van der Waals surface area contributed by atoms with Crippen molar-refractivity contribution in [3.63, 3.8) is 0 Å². The summed E-state index contributed by atoms with van der Waals surface area (Å²) in [5.41, 5.74) is 0.857. The number of carbonyl (C=O) groups excluding carboxylic acids is 3. The molecule has 120 valence electrons. The fraction of sp³-hybridized carbons (Fsp3) is 0.105. The topological polar surface area (TPSA) is 69.7 Å². The Bertz CT molecular complexity index is 807. The molecule has 0 saturated carbocycles. The summed E-state index contributed by atoms with van der Waals surface area (Å²) in [6.07, 6.45) is 0. The van der Waals surface area contributed by atoms with E-state index in [0.29, 0.717) is 5.56 Å². The molecular weight excluding hydrogens is 308 g/mol. The number of hydrogen-bond donors (Lipinski definition) is 0. The molecule has 0 unspecified atom stereocenters. The standard InChI is InChI=1S/C19H14O5/c1-13(20)23-17-10-16(11-18(12-17)24-14(2)21)19(22)9-8-15-6-4-3-5-7-15/h3-7,10-12H,1-2H3. The van der Waals surface area contributed by atoms with Crippen LogP contribution in [-0.4, -0.2) is 17.7 Å². The predicted octanol–water partition coefficient (Wildman–Crippen LogP) is 2.77. The van der Waals surface area contributed by atoms with Crippen molar-refractivity contribution in [1.82, 2.24) is 0 Å². The van der Waals surface area contributed by atoms with Crippen molar-refractivity contribution in [2.75, 3.05) is 0 Å². The molecule has 0 aliphatic carbocycles. The molecular formula is C19H14O5. The largest absolute Gasteiger partial charge is 0.427 e. The SMILES string of the molecule is CC(=O)Oc1cc(OC(C)=O)cc(C(=O)C#Cc2ccccc2)c1. The first-order chi connectivity index (χ1) is 11.4. The third kappa shape index (κ3) is 5.11. The summed E-state index contributed by atoms with van der Waals surface area (Å²) >= 11 is 0. The Morgan fingerprint density at radius 1 is 0.833 bits per heavy atom. The number of ketones is 1. The van der Waals surface area contributed by atoms with E-state index in [0.717, 1.165) is 0 Å². The maximum Gasteiger partial charge on any atom is 0.308 e. The van der Waals surface area contributed by atoms with Crippen LogP contribution in [0.4, 0.5) is 0 Å². The van der Waals surface area contributed by atoms with Gasteiger partial charge in [-0.2, -0.15) is 0 Å². The van der Waals surface area contributed by atoms with Crippen LogP contribution in [0, 0.1) is 11.8 Å². The summed E-state index contributed by atoms with van der Waals surface area (Å²) in [6, 6.07) is 13.1. The van der Waals surface area contributed by atoms with E-state index in [1.165, 1.54) is 32.0 Å². The zero-order chi connectivity index (χ0) is 17.5. The van der Waals surface area contributed by atoms with Crippen LogP contribution in [0.3, 0.4) is 0 Å². The van der Waals surface area contributed by atoms with Gasteiger partial charge in [0.15, 0.2) is 0 Å². The van der Waals surface area contributed by atoms with Crippen molar-refractivity contribution >= 4 is 17.7 Å². The van der Waals surface area contributed by atoms with Gasteiger partial charge in [-0.25, -0.2) is 0 Å². The van der Waals surface area contributed by atoms with Gasteiger partial charge < -0.3 is 9.47 Å². The average molecular weight is 322 g/mol. The van der Waals surface area contributed by atoms with Crippen LogP contribution in [0.5, 0.6) is 11.5 Å². The van der Waals surface area contributed by atoms with Crippen molar-refractivity contribution in [1.29, 1.82) is 0 Å². The van der Waals surface area contributed by atoms with Gasteiger partial charge in [-0.3, -0.25) is 14.4 Å². The normalized spacial score (nSPS) is 9.42. The van der Waals surface area contributed by atoms with Gasteiger partial charge in [-0.15, -0.1) is 0 Å². The Hall–Kier alpha value is -3.39. The number of ether oxygens (including phenoxy) is 2. The van der Waals surface area contributed by atoms with Crippen molar-refractivity contribution < 1.29 is 23.9 Å². The molecule has 0 aliphatic heterocycles. The molecule has 2 rings (SSSR count). The smallest absolute Gasteiger partial charge is 0.308 e. The Morgan fingerprint density at radius 2 is 1.38 bits per heavy atom. The molecule has 0 bridgehead atoms. The molecule has 0 aliphatic rings. The number of rotatable bonds is 3. The van der Waals surface area contributed by atoms with Gasteiger partial charge in [0, 0.05) is 31.0 Å². The van der Waals surface area contributed by atoms with Crippen LogP contribution < -0.4 is 9.47 Å². The van der Waals surface area contributed by atoms with E-state index in [2.05, 4.69) is 11.8 Å². The molecule has 24 heavy (non-hydrogen) atoms. The Kier molecular flexibility index (Phi) is 5.48. The lowest BCUT2D eigenvalue weighted by atomic mass is 10.1. The number of Topliss-reactive ketones (excluding diaryl/α,β-unsaturated/α-hetero) is 1. The highest BCUT2D eigenvalue weighted by Gasteiger charge is 2.11. The third-order valence-corrected chi connectivity index (χ3v) is 2.76. The lowest BCUT2D eigenvalue weighted by Crippen LogP contribution is -2.06. The lowest BCUT2D eigenvalue weighted by Gasteiger charge is -2.07. The molecule has 0 fully saturated rings. The van der Waals surface area contributed by atoms with Crippen molar-refractivity contribution in [2.24, 2.45) is 0 Å². The third-order valence-electron chi connectivity index (χ3n) is 2.76. The van der Waals surface area contributed by atoms with Gasteiger partial charge in [0.05, 0.1) is 0 Å². The van der Waals surface area contributed by atoms with Crippen molar-refractivity contribution in [2.45, 2.75) is 13.8 Å². The fourth-order valence-corrected chi connectivity index (χ4v) is 1.88. The highest BCUT2D eigenvalue weighted by molar-refractivity contribution is 6.09. The van der Waals surface area contributed by atoms with Crippen molar-refractivity contribution in [3.8, 4) is 23.3 Å². The van der Waals surface area contributed by atoms with E-state index in [1.54, 1.807) is 12.1 Å². The van der Waals surface area contributed by atoms with Crippen LogP contribution in [0.1, 0.15) is 29.8 Å². The van der Waals surface area contributed by atoms with Crippen LogP contribution in [0.2, 0.25) is 0 Å². The van der Waals surface area contributed by atoms with E-state index in [9.17, 15) is 14.4 Å². The molecule has 5 nitrogen and oxygen atoms in total. The first kappa shape index (κ1) is 17.0. The summed E-state index contributed by atoms with van der Waals surface area (Å²) in [6.45, 7) is 2.46. The highest BCUT2D eigenvalue weighted by atomic mass is 16.5. The summed E-state index contributed by atoms with van der Waals surface area (Å²) in [4.78, 5) is 34.4. The van der Waals surface area contributed by atoms with Gasteiger partial charge >= 0.3 is 11.9 Å². The fourth-order valence-electron chi connectivity index (χ4n) is 1.88. The van der Waals surface area contributed by atoms with Gasteiger partial charge in [0.2, 0.25) is 5.78 Å². The highest BCUT2D eigenvalue weighted by Crippen LogP contribution is 2.23. The van der Waals surface area contributed by atoms with Crippen LogP contribution >= 0.6 is 0 Å². The van der Waals surface area contributed by atoms with Gasteiger partial charge in [-0.05, 0) is 30.2 Å². The quantitative estimate of drug-likeness (QED) is 0.376. The van der Waals surface area contributed by atoms with E-state index >= 15 is 0 Å². The van der Waals surface area contributed by atoms with Gasteiger partial charge in [0.25, 0.3) is 0 Å². The summed E-state index contributed by atoms with van der Waals surface area (Å²) < 4.78 is 9.92. The van der Waals surface area contributed by atoms with Crippen molar-refractivity contribution in [3.05, 3.63) is 59.7 Å². The van der Waals surface area contributed by atoms with Crippen LogP contribution in [-0.2, 0) is 9.59 Å². The van der Waals surface area contributed by atoms with E-state index < -0.39 is 17.7 Å². The average Bonchev–Trinajstić information content (AvgIpc) is 2.52. The molecule has 2 aromatic carbocycles. The Labute approximate surface area is 139 Å². The molecule has 0 amide bonds. The number of hydrogen-bond acceptors (Lipinski definition) is 5. The second kappa shape index (κ2) is 7.75. The van der Waals surface area contributed by atoms with Crippen LogP contribution in [0.15, 0.2) is 48.5 Å². The lowest BCUT2D eigenvalue weighted by molar-refractivity contribution is -0.132. The first-order valence-corrected chi connectivity index (χ1v) is 7.07. The predicted molar refractivity (Wildman–Crippen MR) is 86.7 cm³/mol. The number of benzene rings is 2. The Balaban J connectivity index is 2.33. The molecule has 2 aromatic rings. The van der Waals surface area contributed by atoms with E-state index in [4.69, 9.17) is 9.47 Å². The molecule has 0 saturated heterocycles. The number of esters is 2. The molecule has 0 radical (unpaired) electrons. The van der Waals surface area contributed by atoms with Gasteiger partial charge in [0.1, 0.15) is 11.5 Å². The maximum atomic E-state index is 12.2. The zero-order valence-electron chi connectivity index (χ0n) is 13.2. The molecule has 0 aromatic heterocycles. The minimum atomic E-state index is -0.552. The maximum absolute atomic E-state index is 12.2. The zero-order valence-corrected chi connectivity index (χ0v) is 13.2. The molecule has 0 spiro atoms. The minimum Gasteiger partial charge on any atom is -0.427 e. The van der Waals surface area contributed by atoms with Crippen LogP contribution in [0.25, 0.3) is 0 Å². The molecule has 0 atom stereocenters. The monoisotopic (exact) mass is 322 g/mol. The van der Waals surface area contributed by atoms with Gasteiger partial charge in [-0.1, -0.05) is 24.1 Å². The second-order valence-corrected chi connectivity index (χ2v) is 4.83. The summed E-state index contributed by atoms with van der Waals surface area (Å²) in [5, 5.41) is 0. The summed E-state index contributed by atoms with van der Waals surface area (Å²) in [5.74, 6) is 3.87. The Morgan fingerprint density at radius 3 is 1.88 bits per heavy atom. The second-order valence-electron chi connectivity index (χ2n) is 4.83. The molecule has 5 heteroatoms. The molecule has 0 heterocycles. The summed E-state index contributed by atoms with van der Waals surface area (Å²) in [7, 11) is 0.